The molecule has 6 nitrogen and oxygen atoms in total. The van der Waals surface area contributed by atoms with Crippen LogP contribution in [0, 0.1) is 6.92 Å². The number of hydrogen-bond acceptors (Lipinski definition) is 5. The lowest BCUT2D eigenvalue weighted by Crippen LogP contribution is -2.11. The summed E-state index contributed by atoms with van der Waals surface area (Å²) in [5, 5.41) is 12.0. The minimum Gasteiger partial charge on any atom is -0.477 e. The topological polar surface area (TPSA) is 101 Å². The van der Waals surface area contributed by atoms with E-state index < -0.39 is 21.7 Å². The molecule has 0 radical (unpaired) electrons. The molecule has 2 N–H and O–H groups in total. The number of benzene rings is 1. The van der Waals surface area contributed by atoms with Gasteiger partial charge >= 0.3 is 5.97 Å². The summed E-state index contributed by atoms with van der Waals surface area (Å²) < 4.78 is 23.0. The maximum Gasteiger partial charge on any atom is 0.346 e. The normalized spacial score (nSPS) is 11.2. The van der Waals surface area contributed by atoms with Crippen LogP contribution in [0.1, 0.15) is 25.6 Å². The smallest absolute Gasteiger partial charge is 0.346 e. The molecule has 0 unspecified atom stereocenters. The van der Waals surface area contributed by atoms with Crippen LogP contribution in [0.2, 0.25) is 0 Å². The van der Waals surface area contributed by atoms with Gasteiger partial charge in [0.1, 0.15) is 4.88 Å². The molecule has 8 heteroatoms. The van der Waals surface area contributed by atoms with E-state index in [4.69, 9.17) is 5.11 Å². The highest BCUT2D eigenvalue weighted by Crippen LogP contribution is 2.27. The molecule has 1 aromatic carbocycles. The van der Waals surface area contributed by atoms with Crippen molar-refractivity contribution >= 4 is 38.1 Å². The van der Waals surface area contributed by atoms with E-state index in [0.717, 1.165) is 17.6 Å². The molecule has 2 rings (SSSR count). The highest BCUT2D eigenvalue weighted by molar-refractivity contribution is 7.90. The van der Waals surface area contributed by atoms with Crippen LogP contribution in [0.4, 0.5) is 5.00 Å². The van der Waals surface area contributed by atoms with Crippen molar-refractivity contribution < 1.29 is 23.1 Å². The van der Waals surface area contributed by atoms with Crippen molar-refractivity contribution in [2.45, 2.75) is 11.8 Å². The first-order valence-corrected chi connectivity index (χ1v) is 8.84. The first kappa shape index (κ1) is 16.2. The number of rotatable bonds is 4. The summed E-state index contributed by atoms with van der Waals surface area (Å²) in [7, 11) is -3.40. The Morgan fingerprint density at radius 1 is 1.23 bits per heavy atom. The van der Waals surface area contributed by atoms with Gasteiger partial charge in [-0.1, -0.05) is 6.07 Å². The zero-order chi connectivity index (χ0) is 16.5. The molecule has 0 bridgehead atoms. The summed E-state index contributed by atoms with van der Waals surface area (Å²) in [6.45, 7) is 1.64. The van der Waals surface area contributed by atoms with Crippen molar-refractivity contribution in [2.75, 3.05) is 11.6 Å². The van der Waals surface area contributed by atoms with Gasteiger partial charge in [-0.15, -0.1) is 11.3 Å². The highest BCUT2D eigenvalue weighted by Gasteiger charge is 2.16. The van der Waals surface area contributed by atoms with Gasteiger partial charge in [0.25, 0.3) is 5.91 Å². The number of aromatic carboxylic acids is 1. The number of aryl methyl sites for hydroxylation is 1. The van der Waals surface area contributed by atoms with E-state index in [1.165, 1.54) is 24.3 Å². The van der Waals surface area contributed by atoms with Crippen LogP contribution in [-0.2, 0) is 9.84 Å². The molecule has 0 saturated carbocycles. The standard InChI is InChI=1S/C14H13NO5S2/c1-8-6-11(21-12(8)14(17)18)15-13(16)9-4-3-5-10(7-9)22(2,19)20/h3-7H,1-2H3,(H,15,16)(H,17,18). The number of carbonyl (C=O) groups is 2. The molecule has 0 aliphatic rings. The predicted octanol–water partition coefficient (Wildman–Crippen LogP) is 2.41. The minimum atomic E-state index is -3.40. The molecule has 22 heavy (non-hydrogen) atoms. The molecule has 1 amide bonds. The van der Waals surface area contributed by atoms with Gasteiger partial charge in [0.15, 0.2) is 9.84 Å². The third kappa shape index (κ3) is 3.52. The van der Waals surface area contributed by atoms with Crippen LogP contribution in [0.15, 0.2) is 35.2 Å². The summed E-state index contributed by atoms with van der Waals surface area (Å²) >= 11 is 0.951. The second kappa shape index (κ2) is 5.90. The molecule has 0 atom stereocenters. The molecule has 0 aliphatic heterocycles. The van der Waals surface area contributed by atoms with Crippen molar-refractivity contribution in [3.8, 4) is 0 Å². The van der Waals surface area contributed by atoms with E-state index in [-0.39, 0.29) is 15.3 Å². The Bertz CT molecular complexity index is 852. The average Bonchev–Trinajstić information content (AvgIpc) is 2.79. The van der Waals surface area contributed by atoms with Crippen LogP contribution in [0.5, 0.6) is 0 Å². The minimum absolute atomic E-state index is 0.0498. The fraction of sp³-hybridized carbons (Fsp3) is 0.143. The number of nitrogens with one attached hydrogen (secondary N) is 1. The summed E-state index contributed by atoms with van der Waals surface area (Å²) in [4.78, 5) is 23.3. The fourth-order valence-electron chi connectivity index (χ4n) is 1.81. The van der Waals surface area contributed by atoms with Crippen molar-refractivity contribution in [1.29, 1.82) is 0 Å². The van der Waals surface area contributed by atoms with Gasteiger partial charge in [-0.25, -0.2) is 13.2 Å². The number of anilines is 1. The SMILES string of the molecule is Cc1cc(NC(=O)c2cccc(S(C)(=O)=O)c2)sc1C(=O)O. The second-order valence-corrected chi connectivity index (χ2v) is 7.75. The van der Waals surface area contributed by atoms with Gasteiger partial charge in [-0.3, -0.25) is 4.79 Å². The maximum atomic E-state index is 12.1. The van der Waals surface area contributed by atoms with Gasteiger partial charge in [0, 0.05) is 11.8 Å². The quantitative estimate of drug-likeness (QED) is 0.891. The van der Waals surface area contributed by atoms with Gasteiger partial charge in [0.2, 0.25) is 0 Å². The molecule has 1 heterocycles. The maximum absolute atomic E-state index is 12.1. The third-order valence-electron chi connectivity index (χ3n) is 2.87. The Labute approximate surface area is 131 Å². The molecule has 0 saturated heterocycles. The monoisotopic (exact) mass is 339 g/mol. The Hall–Kier alpha value is -2.19. The van der Waals surface area contributed by atoms with E-state index in [0.29, 0.717) is 10.6 Å². The molecule has 1 aromatic heterocycles. The summed E-state index contributed by atoms with van der Waals surface area (Å²) in [5.41, 5.74) is 0.739. The molecule has 0 spiro atoms. The second-order valence-electron chi connectivity index (χ2n) is 4.68. The van der Waals surface area contributed by atoms with Gasteiger partial charge in [-0.2, -0.15) is 0 Å². The van der Waals surface area contributed by atoms with Crippen molar-refractivity contribution in [3.05, 3.63) is 46.3 Å². The lowest BCUT2D eigenvalue weighted by Gasteiger charge is -2.04. The van der Waals surface area contributed by atoms with Crippen molar-refractivity contribution in [1.82, 2.24) is 0 Å². The van der Waals surface area contributed by atoms with E-state index in [2.05, 4.69) is 5.32 Å². The predicted molar refractivity (Wildman–Crippen MR) is 83.5 cm³/mol. The van der Waals surface area contributed by atoms with E-state index >= 15 is 0 Å². The van der Waals surface area contributed by atoms with Gasteiger partial charge in [0.05, 0.1) is 9.90 Å². The highest BCUT2D eigenvalue weighted by atomic mass is 32.2. The van der Waals surface area contributed by atoms with Gasteiger partial charge < -0.3 is 10.4 Å². The number of carboxylic acid groups (broad SMARTS) is 1. The van der Waals surface area contributed by atoms with E-state index in [9.17, 15) is 18.0 Å². The van der Waals surface area contributed by atoms with Crippen LogP contribution in [-0.4, -0.2) is 31.7 Å². The number of sulfone groups is 1. The molecule has 2 aromatic rings. The number of carboxylic acids is 1. The van der Waals surface area contributed by atoms with Crippen molar-refractivity contribution in [3.63, 3.8) is 0 Å². The largest absolute Gasteiger partial charge is 0.477 e. The summed E-state index contributed by atoms with van der Waals surface area (Å²) in [6.07, 6.45) is 1.06. The molecule has 0 fully saturated rings. The summed E-state index contributed by atoms with van der Waals surface area (Å²) in [6, 6.07) is 7.22. The molecular formula is C14H13NO5S2. The Balaban J connectivity index is 2.26. The van der Waals surface area contributed by atoms with Crippen LogP contribution >= 0.6 is 11.3 Å². The molecule has 116 valence electrons. The average molecular weight is 339 g/mol. The molecular weight excluding hydrogens is 326 g/mol. The Morgan fingerprint density at radius 2 is 1.91 bits per heavy atom. The van der Waals surface area contributed by atoms with Crippen LogP contribution < -0.4 is 5.32 Å². The first-order chi connectivity index (χ1) is 10.2. The van der Waals surface area contributed by atoms with E-state index in [1.54, 1.807) is 13.0 Å². The number of thiophene rings is 1. The number of hydrogen-bond donors (Lipinski definition) is 2. The van der Waals surface area contributed by atoms with Crippen LogP contribution in [0.3, 0.4) is 0 Å². The number of carbonyl (C=O) groups excluding carboxylic acids is 1. The fourth-order valence-corrected chi connectivity index (χ4v) is 3.38. The lowest BCUT2D eigenvalue weighted by atomic mass is 10.2. The van der Waals surface area contributed by atoms with Crippen LogP contribution in [0.25, 0.3) is 0 Å². The Kier molecular flexibility index (Phi) is 4.34. The number of amides is 1. The zero-order valence-electron chi connectivity index (χ0n) is 11.8. The van der Waals surface area contributed by atoms with Gasteiger partial charge in [-0.05, 0) is 36.8 Å². The lowest BCUT2D eigenvalue weighted by molar-refractivity contribution is 0.0701. The Morgan fingerprint density at radius 3 is 2.45 bits per heavy atom. The summed E-state index contributed by atoms with van der Waals surface area (Å²) in [5.74, 6) is -1.55. The van der Waals surface area contributed by atoms with E-state index in [1.807, 2.05) is 0 Å². The zero-order valence-corrected chi connectivity index (χ0v) is 13.4. The molecule has 0 aliphatic carbocycles. The van der Waals surface area contributed by atoms with Crippen molar-refractivity contribution in [2.24, 2.45) is 0 Å². The third-order valence-corrected chi connectivity index (χ3v) is 5.12. The first-order valence-electron chi connectivity index (χ1n) is 6.13.